The number of ether oxygens (including phenoxy) is 5. The molecular formula is C38H54O8. The average molecular weight is 639 g/mol. The lowest BCUT2D eigenvalue weighted by atomic mass is 9.77. The molecule has 0 aliphatic heterocycles. The molecule has 2 aromatic rings. The summed E-state index contributed by atoms with van der Waals surface area (Å²) in [4.78, 5) is 37.7. The zero-order valence-electron chi connectivity index (χ0n) is 30.1. The maximum atomic E-state index is 13.3. The summed E-state index contributed by atoms with van der Waals surface area (Å²) >= 11 is 0. The van der Waals surface area contributed by atoms with E-state index in [0.29, 0.717) is 29.4 Å². The topological polar surface area (TPSA) is 97.4 Å². The number of hydrogen-bond donors (Lipinski definition) is 0. The third-order valence-electron chi connectivity index (χ3n) is 6.86. The van der Waals surface area contributed by atoms with Crippen molar-refractivity contribution < 1.29 is 38.1 Å². The van der Waals surface area contributed by atoms with E-state index in [1.165, 1.54) is 6.08 Å². The Bertz CT molecular complexity index is 1390. The van der Waals surface area contributed by atoms with Crippen LogP contribution >= 0.6 is 0 Å². The average Bonchev–Trinajstić information content (AvgIpc) is 2.92. The molecule has 0 saturated carbocycles. The first-order valence-corrected chi connectivity index (χ1v) is 15.8. The van der Waals surface area contributed by atoms with E-state index in [-0.39, 0.29) is 36.7 Å². The third kappa shape index (κ3) is 10.9. The summed E-state index contributed by atoms with van der Waals surface area (Å²) in [5.41, 5.74) is 0.898. The SMILES string of the molecule is CCCOc1c(C=CC(=O)c2ccc(OCOC(=O)C(C)(C)C)cc2)cc(C(C)(C)C)c(OCOC(=O)C(C)(C)C)c1C(C)(C)C. The molecule has 254 valence electrons. The standard InChI is InChI=1S/C38H54O8/c1-14-21-42-31-26(17-20-29(39)25-15-18-27(19-16-25)43-23-45-33(40)37(8,9)10)22-28(35(2,3)4)32(30(31)36(5,6)7)44-24-46-34(41)38(11,12)13/h15-20,22H,14,21,23-24H2,1-13H3. The van der Waals surface area contributed by atoms with Crippen molar-refractivity contribution >= 4 is 23.8 Å². The Hall–Kier alpha value is -3.81. The van der Waals surface area contributed by atoms with Crippen LogP contribution in [-0.2, 0) is 29.9 Å². The largest absolute Gasteiger partial charge is 0.493 e. The van der Waals surface area contributed by atoms with Crippen molar-refractivity contribution in [3.63, 3.8) is 0 Å². The van der Waals surface area contributed by atoms with Gasteiger partial charge >= 0.3 is 11.9 Å². The Labute approximate surface area is 275 Å². The summed E-state index contributed by atoms with van der Waals surface area (Å²) in [7, 11) is 0. The second-order valence-corrected chi connectivity index (χ2v) is 15.5. The summed E-state index contributed by atoms with van der Waals surface area (Å²) in [6.45, 7) is 25.2. The molecule has 46 heavy (non-hydrogen) atoms. The lowest BCUT2D eigenvalue weighted by molar-refractivity contribution is -0.160. The van der Waals surface area contributed by atoms with Gasteiger partial charge in [-0.2, -0.15) is 0 Å². The second-order valence-electron chi connectivity index (χ2n) is 15.5. The van der Waals surface area contributed by atoms with Gasteiger partial charge in [0.05, 0.1) is 17.4 Å². The minimum atomic E-state index is -0.659. The van der Waals surface area contributed by atoms with Crippen molar-refractivity contribution in [2.45, 2.75) is 107 Å². The van der Waals surface area contributed by atoms with E-state index in [0.717, 1.165) is 23.1 Å². The van der Waals surface area contributed by atoms with Gasteiger partial charge in [-0.25, -0.2) is 0 Å². The number of rotatable bonds is 12. The summed E-state index contributed by atoms with van der Waals surface area (Å²) in [5.74, 6) is 0.796. The number of benzene rings is 2. The highest BCUT2D eigenvalue weighted by Gasteiger charge is 2.33. The molecule has 0 N–H and O–H groups in total. The van der Waals surface area contributed by atoms with E-state index in [4.69, 9.17) is 23.7 Å². The molecule has 0 unspecified atom stereocenters. The Morgan fingerprint density at radius 1 is 0.674 bits per heavy atom. The van der Waals surface area contributed by atoms with E-state index in [1.807, 2.05) is 13.0 Å². The number of esters is 2. The molecule has 0 aliphatic rings. The molecule has 0 atom stereocenters. The number of hydrogen-bond acceptors (Lipinski definition) is 8. The van der Waals surface area contributed by atoms with Gasteiger partial charge in [-0.15, -0.1) is 0 Å². The summed E-state index contributed by atoms with van der Waals surface area (Å²) in [5, 5.41) is 0. The van der Waals surface area contributed by atoms with Crippen LogP contribution in [0.2, 0.25) is 0 Å². The molecule has 0 amide bonds. The van der Waals surface area contributed by atoms with Gasteiger partial charge in [-0.3, -0.25) is 14.4 Å². The Balaban J connectivity index is 2.48. The highest BCUT2D eigenvalue weighted by atomic mass is 16.7. The van der Waals surface area contributed by atoms with Crippen LogP contribution in [0.15, 0.2) is 36.4 Å². The fraction of sp³-hybridized carbons (Fsp3) is 0.553. The Morgan fingerprint density at radius 2 is 1.20 bits per heavy atom. The third-order valence-corrected chi connectivity index (χ3v) is 6.86. The van der Waals surface area contributed by atoms with Crippen molar-refractivity contribution in [3.05, 3.63) is 58.7 Å². The van der Waals surface area contributed by atoms with Gasteiger partial charge in [0, 0.05) is 22.3 Å². The quantitative estimate of drug-likeness (QED) is 0.0985. The van der Waals surface area contributed by atoms with Crippen LogP contribution in [0.5, 0.6) is 17.2 Å². The normalized spacial score (nSPS) is 12.5. The van der Waals surface area contributed by atoms with E-state index in [2.05, 4.69) is 41.5 Å². The molecule has 0 spiro atoms. The maximum absolute atomic E-state index is 13.3. The molecule has 0 bridgehead atoms. The first-order chi connectivity index (χ1) is 21.1. The maximum Gasteiger partial charge on any atom is 0.314 e. The molecule has 0 aliphatic carbocycles. The lowest BCUT2D eigenvalue weighted by Gasteiger charge is -2.32. The van der Waals surface area contributed by atoms with Crippen LogP contribution in [0.25, 0.3) is 6.08 Å². The van der Waals surface area contributed by atoms with Crippen LogP contribution in [0.3, 0.4) is 0 Å². The predicted octanol–water partition coefficient (Wildman–Crippen LogP) is 8.82. The zero-order valence-corrected chi connectivity index (χ0v) is 30.1. The highest BCUT2D eigenvalue weighted by molar-refractivity contribution is 6.07. The second kappa shape index (κ2) is 15.2. The Morgan fingerprint density at radius 3 is 1.65 bits per heavy atom. The van der Waals surface area contributed by atoms with Crippen molar-refractivity contribution in [3.8, 4) is 17.2 Å². The van der Waals surface area contributed by atoms with Gasteiger partial charge in [0.15, 0.2) is 5.78 Å². The molecule has 0 saturated heterocycles. The van der Waals surface area contributed by atoms with Crippen LogP contribution in [0, 0.1) is 10.8 Å². The summed E-state index contributed by atoms with van der Waals surface area (Å²) in [6, 6.07) is 8.64. The van der Waals surface area contributed by atoms with Gasteiger partial charge in [-0.05, 0) is 101 Å². The highest BCUT2D eigenvalue weighted by Crippen LogP contribution is 2.47. The smallest absolute Gasteiger partial charge is 0.314 e. The van der Waals surface area contributed by atoms with Crippen LogP contribution < -0.4 is 14.2 Å². The fourth-order valence-electron chi connectivity index (χ4n) is 4.24. The monoisotopic (exact) mass is 638 g/mol. The fourth-order valence-corrected chi connectivity index (χ4v) is 4.24. The van der Waals surface area contributed by atoms with E-state index in [1.54, 1.807) is 71.9 Å². The minimum absolute atomic E-state index is 0.198. The molecule has 8 heteroatoms. The van der Waals surface area contributed by atoms with Gasteiger partial charge < -0.3 is 23.7 Å². The van der Waals surface area contributed by atoms with Crippen molar-refractivity contribution in [1.29, 1.82) is 0 Å². The molecule has 8 nitrogen and oxygen atoms in total. The first-order valence-electron chi connectivity index (χ1n) is 15.8. The van der Waals surface area contributed by atoms with Gasteiger partial charge in [0.2, 0.25) is 13.6 Å². The molecule has 0 fully saturated rings. The summed E-state index contributed by atoms with van der Waals surface area (Å²) in [6.07, 6.45) is 4.09. The van der Waals surface area contributed by atoms with Crippen molar-refractivity contribution in [1.82, 2.24) is 0 Å². The van der Waals surface area contributed by atoms with Gasteiger partial charge in [-0.1, -0.05) is 48.5 Å². The minimum Gasteiger partial charge on any atom is -0.493 e. The molecule has 0 heterocycles. The molecule has 2 rings (SSSR count). The molecule has 2 aromatic carbocycles. The van der Waals surface area contributed by atoms with E-state index in [9.17, 15) is 14.4 Å². The predicted molar refractivity (Wildman–Crippen MR) is 182 cm³/mol. The van der Waals surface area contributed by atoms with Crippen LogP contribution in [-0.4, -0.2) is 37.9 Å². The van der Waals surface area contributed by atoms with E-state index < -0.39 is 16.2 Å². The van der Waals surface area contributed by atoms with Crippen molar-refractivity contribution in [2.24, 2.45) is 10.8 Å². The van der Waals surface area contributed by atoms with Crippen molar-refractivity contribution in [2.75, 3.05) is 20.2 Å². The zero-order chi connectivity index (χ0) is 35.1. The molecule has 0 aromatic heterocycles. The lowest BCUT2D eigenvalue weighted by Crippen LogP contribution is -2.26. The van der Waals surface area contributed by atoms with Crippen LogP contribution in [0.1, 0.15) is 123 Å². The number of allylic oxidation sites excluding steroid dienone is 1. The van der Waals surface area contributed by atoms with Crippen LogP contribution in [0.4, 0.5) is 0 Å². The van der Waals surface area contributed by atoms with Gasteiger partial charge in [0.25, 0.3) is 0 Å². The summed E-state index contributed by atoms with van der Waals surface area (Å²) < 4.78 is 28.8. The van der Waals surface area contributed by atoms with Gasteiger partial charge in [0.1, 0.15) is 17.2 Å². The number of carbonyl (C=O) groups is 3. The first kappa shape index (κ1) is 38.4. The number of ketones is 1. The number of carbonyl (C=O) groups excluding carboxylic acids is 3. The molecule has 0 radical (unpaired) electrons. The molecular weight excluding hydrogens is 584 g/mol. The Kier molecular flexibility index (Phi) is 12.7. The van der Waals surface area contributed by atoms with E-state index >= 15 is 0 Å².